The van der Waals surface area contributed by atoms with Crippen molar-refractivity contribution in [2.75, 3.05) is 19.6 Å². The minimum absolute atomic E-state index is 0. The molecule has 0 saturated carbocycles. The van der Waals surface area contributed by atoms with E-state index in [4.69, 9.17) is 0 Å². The summed E-state index contributed by atoms with van der Waals surface area (Å²) in [6.07, 6.45) is 5.69. The second kappa shape index (κ2) is 8.03. The van der Waals surface area contributed by atoms with Crippen molar-refractivity contribution in [1.82, 2.24) is 15.6 Å². The van der Waals surface area contributed by atoms with Crippen LogP contribution in [0.2, 0.25) is 0 Å². The number of piperidine rings is 1. The van der Waals surface area contributed by atoms with Crippen LogP contribution in [0.1, 0.15) is 37.2 Å². The number of aromatic nitrogens is 1. The lowest BCUT2D eigenvalue weighted by Gasteiger charge is -2.25. The van der Waals surface area contributed by atoms with Crippen molar-refractivity contribution in [3.63, 3.8) is 0 Å². The minimum atomic E-state index is 0. The molecule has 0 bridgehead atoms. The van der Waals surface area contributed by atoms with Crippen molar-refractivity contribution in [2.24, 2.45) is 5.92 Å². The number of thiazole rings is 1. The summed E-state index contributed by atoms with van der Waals surface area (Å²) in [5.74, 6) is 0.794. The fraction of sp³-hybridized carbons (Fsp3) is 0.750. The van der Waals surface area contributed by atoms with Gasteiger partial charge in [-0.1, -0.05) is 6.92 Å². The monoisotopic (exact) mass is 275 g/mol. The summed E-state index contributed by atoms with van der Waals surface area (Å²) in [4.78, 5) is 4.39. The van der Waals surface area contributed by atoms with Crippen LogP contribution in [-0.2, 0) is 0 Å². The lowest BCUT2D eigenvalue weighted by molar-refractivity contribution is 0.341. The Morgan fingerprint density at radius 1 is 1.65 bits per heavy atom. The predicted molar refractivity (Wildman–Crippen MR) is 76.0 cm³/mol. The highest BCUT2D eigenvalue weighted by Gasteiger charge is 2.16. The topological polar surface area (TPSA) is 37.0 Å². The van der Waals surface area contributed by atoms with Gasteiger partial charge in [-0.2, -0.15) is 0 Å². The fourth-order valence-electron chi connectivity index (χ4n) is 2.22. The van der Waals surface area contributed by atoms with Crippen LogP contribution in [0, 0.1) is 5.92 Å². The average molecular weight is 276 g/mol. The zero-order valence-corrected chi connectivity index (χ0v) is 11.9. The summed E-state index contributed by atoms with van der Waals surface area (Å²) < 4.78 is 0. The number of hydrogen-bond acceptors (Lipinski definition) is 4. The molecule has 98 valence electrons. The number of rotatable bonds is 5. The fourth-order valence-corrected chi connectivity index (χ4v) is 3.02. The zero-order valence-electron chi connectivity index (χ0n) is 10.3. The van der Waals surface area contributed by atoms with Crippen LogP contribution in [0.5, 0.6) is 0 Å². The Labute approximate surface area is 114 Å². The van der Waals surface area contributed by atoms with E-state index in [0.29, 0.717) is 6.04 Å². The van der Waals surface area contributed by atoms with Gasteiger partial charge in [0.05, 0.1) is 6.04 Å². The van der Waals surface area contributed by atoms with Crippen LogP contribution in [0.25, 0.3) is 0 Å². The highest BCUT2D eigenvalue weighted by Crippen LogP contribution is 2.19. The molecule has 0 aliphatic carbocycles. The van der Waals surface area contributed by atoms with Gasteiger partial charge in [-0.3, -0.25) is 0 Å². The third-order valence-electron chi connectivity index (χ3n) is 3.21. The van der Waals surface area contributed by atoms with Crippen molar-refractivity contribution < 1.29 is 0 Å². The van der Waals surface area contributed by atoms with Gasteiger partial charge in [-0.05, 0) is 44.8 Å². The maximum absolute atomic E-state index is 4.39. The molecule has 2 N–H and O–H groups in total. The molecule has 17 heavy (non-hydrogen) atoms. The Kier molecular flexibility index (Phi) is 7.04. The summed E-state index contributed by atoms with van der Waals surface area (Å²) in [5, 5.41) is 10.4. The number of hydrogen-bond donors (Lipinski definition) is 2. The third kappa shape index (κ3) is 4.54. The first-order valence-corrected chi connectivity index (χ1v) is 7.11. The van der Waals surface area contributed by atoms with Crippen molar-refractivity contribution in [1.29, 1.82) is 0 Å². The normalized spacial score (nSPS) is 21.8. The van der Waals surface area contributed by atoms with Crippen molar-refractivity contribution in [2.45, 2.75) is 32.2 Å². The number of nitrogens with zero attached hydrogens (tertiary/aromatic N) is 1. The Balaban J connectivity index is 0.00000144. The molecular formula is C12H22ClN3S. The van der Waals surface area contributed by atoms with Crippen LogP contribution in [0.4, 0.5) is 0 Å². The molecule has 0 amide bonds. The standard InChI is InChI=1S/C12H21N3S.ClH/c1-2-11(12-14-6-7-16-12)15-9-10-4-3-5-13-8-10;/h6-7,10-11,13,15H,2-5,8-9H2,1H3;1H. The van der Waals surface area contributed by atoms with E-state index < -0.39 is 0 Å². The maximum atomic E-state index is 4.39. The van der Waals surface area contributed by atoms with Gasteiger partial charge in [0.15, 0.2) is 0 Å². The average Bonchev–Trinajstić information content (AvgIpc) is 2.85. The lowest BCUT2D eigenvalue weighted by atomic mass is 9.99. The van der Waals surface area contributed by atoms with Gasteiger partial charge in [-0.25, -0.2) is 4.98 Å². The molecule has 1 aliphatic rings. The second-order valence-electron chi connectivity index (χ2n) is 4.45. The van der Waals surface area contributed by atoms with Crippen LogP contribution >= 0.6 is 23.7 Å². The van der Waals surface area contributed by atoms with E-state index in [1.165, 1.54) is 30.9 Å². The Bertz CT molecular complexity index is 286. The van der Waals surface area contributed by atoms with Crippen LogP contribution in [0.15, 0.2) is 11.6 Å². The third-order valence-corrected chi connectivity index (χ3v) is 4.10. The molecule has 5 heteroatoms. The minimum Gasteiger partial charge on any atom is -0.316 e. The molecule has 1 aromatic rings. The van der Waals surface area contributed by atoms with Gasteiger partial charge < -0.3 is 10.6 Å². The lowest BCUT2D eigenvalue weighted by Crippen LogP contribution is -2.37. The van der Waals surface area contributed by atoms with E-state index >= 15 is 0 Å². The summed E-state index contributed by atoms with van der Waals surface area (Å²) in [5.41, 5.74) is 0. The summed E-state index contributed by atoms with van der Waals surface area (Å²) in [6.45, 7) is 5.70. The highest BCUT2D eigenvalue weighted by atomic mass is 35.5. The van der Waals surface area contributed by atoms with Crippen molar-refractivity contribution >= 4 is 23.7 Å². The molecule has 2 atom stereocenters. The first-order chi connectivity index (χ1) is 7.90. The first kappa shape index (κ1) is 14.9. The molecule has 1 fully saturated rings. The van der Waals surface area contributed by atoms with Gasteiger partial charge in [0.2, 0.25) is 0 Å². The van der Waals surface area contributed by atoms with Gasteiger partial charge in [-0.15, -0.1) is 23.7 Å². The summed E-state index contributed by atoms with van der Waals surface area (Å²) in [6, 6.07) is 0.446. The molecule has 2 unspecified atom stereocenters. The molecule has 2 heterocycles. The molecule has 1 aromatic heterocycles. The molecule has 0 spiro atoms. The second-order valence-corrected chi connectivity index (χ2v) is 5.38. The first-order valence-electron chi connectivity index (χ1n) is 6.23. The molecule has 1 aliphatic heterocycles. The van der Waals surface area contributed by atoms with E-state index in [1.807, 2.05) is 6.20 Å². The van der Waals surface area contributed by atoms with E-state index in [2.05, 4.69) is 27.9 Å². The van der Waals surface area contributed by atoms with Crippen LogP contribution in [-0.4, -0.2) is 24.6 Å². The maximum Gasteiger partial charge on any atom is 0.109 e. The van der Waals surface area contributed by atoms with Gasteiger partial charge in [0.25, 0.3) is 0 Å². The van der Waals surface area contributed by atoms with E-state index in [1.54, 1.807) is 11.3 Å². The van der Waals surface area contributed by atoms with Crippen LogP contribution in [0.3, 0.4) is 0 Å². The van der Waals surface area contributed by atoms with Gasteiger partial charge in [0.1, 0.15) is 5.01 Å². The Morgan fingerprint density at radius 2 is 2.53 bits per heavy atom. The zero-order chi connectivity index (χ0) is 11.2. The molecule has 3 nitrogen and oxygen atoms in total. The smallest absolute Gasteiger partial charge is 0.109 e. The number of halogens is 1. The van der Waals surface area contributed by atoms with Crippen molar-refractivity contribution in [3.05, 3.63) is 16.6 Å². The molecule has 0 radical (unpaired) electrons. The summed E-state index contributed by atoms with van der Waals surface area (Å²) in [7, 11) is 0. The quantitative estimate of drug-likeness (QED) is 0.867. The largest absolute Gasteiger partial charge is 0.316 e. The predicted octanol–water partition coefficient (Wildman–Crippen LogP) is 2.61. The van der Waals surface area contributed by atoms with Crippen molar-refractivity contribution in [3.8, 4) is 0 Å². The van der Waals surface area contributed by atoms with Gasteiger partial charge in [0, 0.05) is 11.6 Å². The van der Waals surface area contributed by atoms with E-state index in [0.717, 1.165) is 18.9 Å². The molecular weight excluding hydrogens is 254 g/mol. The Hall–Kier alpha value is -0.160. The molecule has 2 rings (SSSR count). The summed E-state index contributed by atoms with van der Waals surface area (Å²) >= 11 is 1.75. The molecule has 1 saturated heterocycles. The van der Waals surface area contributed by atoms with E-state index in [9.17, 15) is 0 Å². The molecule has 0 aromatic carbocycles. The van der Waals surface area contributed by atoms with Crippen LogP contribution < -0.4 is 10.6 Å². The Morgan fingerprint density at radius 3 is 3.12 bits per heavy atom. The van der Waals surface area contributed by atoms with Gasteiger partial charge >= 0.3 is 0 Å². The number of nitrogens with one attached hydrogen (secondary N) is 2. The highest BCUT2D eigenvalue weighted by molar-refractivity contribution is 7.09. The van der Waals surface area contributed by atoms with E-state index in [-0.39, 0.29) is 12.4 Å². The SMILES string of the molecule is CCC(NCC1CCCNC1)c1nccs1.Cl.